The SMILES string of the molecule is c1ccc(-c2ccc3c4ccc(-c5ccccc5)cc4n(-c4ccccc4-c4nc(-c5ccccc5)nc(-c5ccc6c7ccccc7c7ccccc7c6c5)n4)c3c2)cc1. The van der Waals surface area contributed by atoms with Crippen LogP contribution in [0.25, 0.3) is 116 Å². The molecular weight excluding hydrogens is 741 g/mol. The Morgan fingerprint density at radius 3 is 1.20 bits per heavy atom. The lowest BCUT2D eigenvalue weighted by molar-refractivity contribution is 1.06. The maximum absolute atomic E-state index is 5.37. The van der Waals surface area contributed by atoms with Gasteiger partial charge in [0.1, 0.15) is 0 Å². The lowest BCUT2D eigenvalue weighted by Gasteiger charge is -2.16. The molecular formula is C57H36N4. The molecule has 12 rings (SSSR count). The van der Waals surface area contributed by atoms with E-state index in [-0.39, 0.29) is 0 Å². The Kier molecular flexibility index (Phi) is 8.13. The van der Waals surface area contributed by atoms with Crippen LogP contribution in [0.4, 0.5) is 0 Å². The third-order valence-corrected chi connectivity index (χ3v) is 12.0. The molecule has 0 aliphatic carbocycles. The van der Waals surface area contributed by atoms with Crippen molar-refractivity contribution in [2.45, 2.75) is 0 Å². The van der Waals surface area contributed by atoms with E-state index in [9.17, 15) is 0 Å². The van der Waals surface area contributed by atoms with Crippen molar-refractivity contribution in [3.05, 3.63) is 218 Å². The number of nitrogens with zero attached hydrogens (tertiary/aromatic N) is 4. The van der Waals surface area contributed by atoms with Crippen molar-refractivity contribution >= 4 is 54.1 Å². The molecule has 61 heavy (non-hydrogen) atoms. The largest absolute Gasteiger partial charge is 0.308 e. The van der Waals surface area contributed by atoms with Crippen LogP contribution < -0.4 is 0 Å². The highest BCUT2D eigenvalue weighted by Crippen LogP contribution is 2.41. The summed E-state index contributed by atoms with van der Waals surface area (Å²) in [5, 5.41) is 9.66. The molecule has 0 aliphatic heterocycles. The Morgan fingerprint density at radius 1 is 0.246 bits per heavy atom. The van der Waals surface area contributed by atoms with Crippen LogP contribution in [0.15, 0.2) is 218 Å². The van der Waals surface area contributed by atoms with Crippen LogP contribution in [-0.2, 0) is 0 Å². The first-order chi connectivity index (χ1) is 30.2. The van der Waals surface area contributed by atoms with Crippen LogP contribution in [-0.4, -0.2) is 19.5 Å². The molecule has 0 atom stereocenters. The van der Waals surface area contributed by atoms with Crippen molar-refractivity contribution in [1.29, 1.82) is 0 Å². The summed E-state index contributed by atoms with van der Waals surface area (Å²) in [6.07, 6.45) is 0. The summed E-state index contributed by atoms with van der Waals surface area (Å²) >= 11 is 0. The Morgan fingerprint density at radius 2 is 0.639 bits per heavy atom. The van der Waals surface area contributed by atoms with E-state index < -0.39 is 0 Å². The normalized spacial score (nSPS) is 11.6. The minimum absolute atomic E-state index is 0.608. The predicted molar refractivity (Wildman–Crippen MR) is 254 cm³/mol. The molecule has 0 saturated heterocycles. The second-order valence-electron chi connectivity index (χ2n) is 15.6. The monoisotopic (exact) mass is 776 g/mol. The molecule has 4 nitrogen and oxygen atoms in total. The van der Waals surface area contributed by atoms with Crippen molar-refractivity contribution in [3.8, 4) is 62.1 Å². The molecule has 0 radical (unpaired) electrons. The van der Waals surface area contributed by atoms with E-state index in [2.05, 4.69) is 205 Å². The molecule has 0 bridgehead atoms. The fourth-order valence-electron chi connectivity index (χ4n) is 9.14. The molecule has 2 heterocycles. The van der Waals surface area contributed by atoms with Crippen molar-refractivity contribution in [3.63, 3.8) is 0 Å². The number of rotatable bonds is 6. The third kappa shape index (κ3) is 5.88. The second kappa shape index (κ2) is 14.3. The Balaban J connectivity index is 1.12. The van der Waals surface area contributed by atoms with Crippen LogP contribution in [0.1, 0.15) is 0 Å². The van der Waals surface area contributed by atoms with Gasteiger partial charge < -0.3 is 4.57 Å². The minimum atomic E-state index is 0.608. The summed E-state index contributed by atoms with van der Waals surface area (Å²) in [7, 11) is 0. The van der Waals surface area contributed by atoms with Gasteiger partial charge in [-0.05, 0) is 84.9 Å². The molecule has 0 N–H and O–H groups in total. The Hall–Kier alpha value is -8.21. The molecule has 10 aromatic carbocycles. The van der Waals surface area contributed by atoms with Gasteiger partial charge in [0.25, 0.3) is 0 Å². The molecule has 0 saturated carbocycles. The molecule has 0 amide bonds. The highest BCUT2D eigenvalue weighted by molar-refractivity contribution is 6.25. The lowest BCUT2D eigenvalue weighted by atomic mass is 9.93. The summed E-state index contributed by atoms with van der Waals surface area (Å²) in [6, 6.07) is 77.6. The van der Waals surface area contributed by atoms with E-state index in [0.29, 0.717) is 17.5 Å². The van der Waals surface area contributed by atoms with Gasteiger partial charge >= 0.3 is 0 Å². The van der Waals surface area contributed by atoms with Crippen LogP contribution in [0.2, 0.25) is 0 Å². The van der Waals surface area contributed by atoms with Gasteiger partial charge in [0, 0.05) is 27.5 Å². The van der Waals surface area contributed by atoms with Crippen LogP contribution in [0.3, 0.4) is 0 Å². The fraction of sp³-hybridized carbons (Fsp3) is 0. The summed E-state index contributed by atoms with van der Waals surface area (Å²) in [4.78, 5) is 15.9. The van der Waals surface area contributed by atoms with Gasteiger partial charge in [-0.25, -0.2) is 15.0 Å². The van der Waals surface area contributed by atoms with Gasteiger partial charge in [-0.2, -0.15) is 0 Å². The summed E-state index contributed by atoms with van der Waals surface area (Å²) < 4.78 is 2.40. The number of para-hydroxylation sites is 1. The lowest BCUT2D eigenvalue weighted by Crippen LogP contribution is -2.03. The fourth-order valence-corrected chi connectivity index (χ4v) is 9.14. The molecule has 0 fully saturated rings. The minimum Gasteiger partial charge on any atom is -0.308 e. The molecule has 0 aliphatic rings. The Bertz CT molecular complexity index is 3500. The zero-order valence-corrected chi connectivity index (χ0v) is 33.1. The Labute approximate surface area is 352 Å². The number of hydrogen-bond donors (Lipinski definition) is 0. The highest BCUT2D eigenvalue weighted by Gasteiger charge is 2.21. The first-order valence-electron chi connectivity index (χ1n) is 20.7. The number of hydrogen-bond acceptors (Lipinski definition) is 3. The van der Waals surface area contributed by atoms with Crippen LogP contribution in [0, 0.1) is 0 Å². The molecule has 2 aromatic heterocycles. The van der Waals surface area contributed by atoms with Crippen LogP contribution >= 0.6 is 0 Å². The van der Waals surface area contributed by atoms with Gasteiger partial charge in [0.15, 0.2) is 17.5 Å². The zero-order valence-electron chi connectivity index (χ0n) is 33.1. The first kappa shape index (κ1) is 34.8. The smallest absolute Gasteiger partial charge is 0.166 e. The third-order valence-electron chi connectivity index (χ3n) is 12.0. The molecule has 12 aromatic rings. The first-order valence-corrected chi connectivity index (χ1v) is 20.7. The molecule has 0 unspecified atom stereocenters. The van der Waals surface area contributed by atoms with Crippen molar-refractivity contribution in [2.24, 2.45) is 0 Å². The predicted octanol–water partition coefficient (Wildman–Crippen LogP) is 14.8. The zero-order chi connectivity index (χ0) is 40.3. The number of fused-ring (bicyclic) bond motifs is 9. The summed E-state index contributed by atoms with van der Waals surface area (Å²) in [5.74, 6) is 1.85. The number of aromatic nitrogens is 4. The molecule has 284 valence electrons. The molecule has 0 spiro atoms. The second-order valence-corrected chi connectivity index (χ2v) is 15.6. The van der Waals surface area contributed by atoms with Crippen molar-refractivity contribution in [1.82, 2.24) is 19.5 Å². The maximum atomic E-state index is 5.37. The van der Waals surface area contributed by atoms with Crippen LogP contribution in [0.5, 0.6) is 0 Å². The summed E-state index contributed by atoms with van der Waals surface area (Å²) in [6.45, 7) is 0. The summed E-state index contributed by atoms with van der Waals surface area (Å²) in [5.41, 5.74) is 10.6. The van der Waals surface area contributed by atoms with Crippen molar-refractivity contribution in [2.75, 3.05) is 0 Å². The van der Waals surface area contributed by atoms with Crippen molar-refractivity contribution < 1.29 is 0 Å². The molecule has 4 heteroatoms. The van der Waals surface area contributed by atoms with Gasteiger partial charge in [-0.3, -0.25) is 0 Å². The van der Waals surface area contributed by atoms with Gasteiger partial charge in [-0.15, -0.1) is 0 Å². The topological polar surface area (TPSA) is 43.6 Å². The van der Waals surface area contributed by atoms with E-state index >= 15 is 0 Å². The van der Waals surface area contributed by atoms with E-state index in [1.165, 1.54) is 54.2 Å². The van der Waals surface area contributed by atoms with E-state index in [0.717, 1.165) is 44.5 Å². The number of benzene rings is 10. The van der Waals surface area contributed by atoms with Gasteiger partial charge in [-0.1, -0.05) is 188 Å². The van der Waals surface area contributed by atoms with E-state index in [4.69, 9.17) is 15.0 Å². The average molecular weight is 777 g/mol. The van der Waals surface area contributed by atoms with Gasteiger partial charge in [0.05, 0.1) is 16.7 Å². The van der Waals surface area contributed by atoms with E-state index in [1.807, 2.05) is 18.2 Å². The van der Waals surface area contributed by atoms with E-state index in [1.54, 1.807) is 0 Å². The highest BCUT2D eigenvalue weighted by atomic mass is 15.1. The maximum Gasteiger partial charge on any atom is 0.166 e. The average Bonchev–Trinajstić information content (AvgIpc) is 3.67. The quantitative estimate of drug-likeness (QED) is 0.158. The van der Waals surface area contributed by atoms with Gasteiger partial charge in [0.2, 0.25) is 0 Å². The standard InChI is InChI=1S/C57H36N4/c1-4-16-37(17-5-1)40-28-32-48-49-33-29-41(38-18-6-2-7-19-38)36-54(49)61(53(48)35-40)52-27-15-14-26-50(52)57-59-55(39-20-8-3-9-21-39)58-56(60-57)42-30-31-47-45-24-11-10-22-43(45)44-23-12-13-25-46(44)51(47)34-42/h1-36H.